The van der Waals surface area contributed by atoms with Crippen molar-refractivity contribution in [3.63, 3.8) is 0 Å². The number of nitrogens with zero attached hydrogens (tertiary/aromatic N) is 1. The largest absolute Gasteiger partial charge is 0.478 e. The number of nitrogens with one attached hydrogen (secondary N) is 1. The fourth-order valence-corrected chi connectivity index (χ4v) is 1.90. The van der Waals surface area contributed by atoms with E-state index in [9.17, 15) is 4.79 Å². The number of aromatic carboxylic acids is 1. The van der Waals surface area contributed by atoms with E-state index >= 15 is 0 Å². The van der Waals surface area contributed by atoms with Crippen LogP contribution in [-0.2, 0) is 6.54 Å². The first-order chi connectivity index (χ1) is 8.58. The summed E-state index contributed by atoms with van der Waals surface area (Å²) >= 11 is 0. The molecule has 1 aromatic carbocycles. The number of aryl methyl sites for hydroxylation is 2. The number of hydrogen-bond acceptors (Lipinski definition) is 2. The van der Waals surface area contributed by atoms with Gasteiger partial charge in [-0.25, -0.2) is 4.79 Å². The molecule has 4 heteroatoms. The van der Waals surface area contributed by atoms with E-state index in [2.05, 4.69) is 5.43 Å². The Bertz CT molecular complexity index is 553. The Hall–Kier alpha value is -2.23. The fraction of sp³-hybridized carbons (Fsp3) is 0.214. The summed E-state index contributed by atoms with van der Waals surface area (Å²) < 4.78 is 1.99. The van der Waals surface area contributed by atoms with Crippen LogP contribution in [0, 0.1) is 13.8 Å². The van der Waals surface area contributed by atoms with E-state index in [4.69, 9.17) is 5.11 Å². The lowest BCUT2D eigenvalue weighted by molar-refractivity contribution is 0.0697. The molecular weight excluding hydrogens is 228 g/mol. The number of hydrogen-bond donors (Lipinski definition) is 2. The van der Waals surface area contributed by atoms with Crippen molar-refractivity contribution in [1.29, 1.82) is 0 Å². The Kier molecular flexibility index (Phi) is 3.37. The van der Waals surface area contributed by atoms with Crippen molar-refractivity contribution in [2.75, 3.05) is 5.43 Å². The Morgan fingerprint density at radius 1 is 1.22 bits per heavy atom. The molecule has 1 aromatic heterocycles. The second kappa shape index (κ2) is 4.96. The highest BCUT2D eigenvalue weighted by Gasteiger charge is 2.04. The van der Waals surface area contributed by atoms with Gasteiger partial charge in [0.15, 0.2) is 0 Å². The number of rotatable bonds is 4. The van der Waals surface area contributed by atoms with Crippen LogP contribution in [0.2, 0.25) is 0 Å². The smallest absolute Gasteiger partial charge is 0.335 e. The first-order valence-corrected chi connectivity index (χ1v) is 5.79. The highest BCUT2D eigenvalue weighted by molar-refractivity contribution is 5.87. The summed E-state index contributed by atoms with van der Waals surface area (Å²) in [6, 6.07) is 11.0. The van der Waals surface area contributed by atoms with Gasteiger partial charge in [0.25, 0.3) is 0 Å². The molecule has 0 aliphatic heterocycles. The van der Waals surface area contributed by atoms with Gasteiger partial charge in [-0.05, 0) is 43.7 Å². The van der Waals surface area contributed by atoms with E-state index in [1.54, 1.807) is 18.2 Å². The summed E-state index contributed by atoms with van der Waals surface area (Å²) in [7, 11) is 0. The van der Waals surface area contributed by atoms with Crippen molar-refractivity contribution < 1.29 is 9.90 Å². The molecule has 0 unspecified atom stereocenters. The van der Waals surface area contributed by atoms with Crippen molar-refractivity contribution in [3.05, 3.63) is 58.9 Å². The van der Waals surface area contributed by atoms with Gasteiger partial charge in [-0.3, -0.25) is 4.68 Å². The summed E-state index contributed by atoms with van der Waals surface area (Å²) in [6.07, 6.45) is 0. The summed E-state index contributed by atoms with van der Waals surface area (Å²) in [5, 5.41) is 8.92. The standard InChI is InChI=1S/C14H16N2O2/c1-10-6-7-11(2)16(10)15-9-12-4-3-5-13(8-12)14(17)18/h3-8,15H,9H2,1-2H3,(H,17,18). The van der Waals surface area contributed by atoms with E-state index < -0.39 is 5.97 Å². The molecule has 4 nitrogen and oxygen atoms in total. The number of carboxylic acid groups (broad SMARTS) is 1. The molecule has 0 aliphatic rings. The van der Waals surface area contributed by atoms with Crippen LogP contribution in [0.5, 0.6) is 0 Å². The first-order valence-electron chi connectivity index (χ1n) is 5.79. The molecular formula is C14H16N2O2. The van der Waals surface area contributed by atoms with Crippen LogP contribution in [-0.4, -0.2) is 15.8 Å². The maximum atomic E-state index is 10.9. The van der Waals surface area contributed by atoms with Crippen LogP contribution in [0.25, 0.3) is 0 Å². The molecule has 94 valence electrons. The Labute approximate surface area is 106 Å². The van der Waals surface area contributed by atoms with E-state index in [1.807, 2.05) is 36.7 Å². The molecule has 0 atom stereocenters. The van der Waals surface area contributed by atoms with Crippen LogP contribution in [0.1, 0.15) is 27.3 Å². The Morgan fingerprint density at radius 2 is 1.89 bits per heavy atom. The summed E-state index contributed by atoms with van der Waals surface area (Å²) in [4.78, 5) is 10.9. The normalized spacial score (nSPS) is 10.3. The average molecular weight is 244 g/mol. The van der Waals surface area contributed by atoms with Gasteiger partial charge in [0, 0.05) is 11.4 Å². The van der Waals surface area contributed by atoms with Gasteiger partial charge in [0.05, 0.1) is 12.1 Å². The van der Waals surface area contributed by atoms with Crippen molar-refractivity contribution in [1.82, 2.24) is 4.68 Å². The van der Waals surface area contributed by atoms with Gasteiger partial charge in [0.1, 0.15) is 0 Å². The number of aromatic nitrogens is 1. The number of benzene rings is 1. The van der Waals surface area contributed by atoms with E-state index in [1.165, 1.54) is 0 Å². The van der Waals surface area contributed by atoms with Gasteiger partial charge in [-0.1, -0.05) is 12.1 Å². The zero-order valence-electron chi connectivity index (χ0n) is 10.5. The monoisotopic (exact) mass is 244 g/mol. The molecule has 18 heavy (non-hydrogen) atoms. The molecule has 0 saturated heterocycles. The molecule has 2 rings (SSSR count). The van der Waals surface area contributed by atoms with Gasteiger partial charge in [0.2, 0.25) is 0 Å². The maximum Gasteiger partial charge on any atom is 0.335 e. The fourth-order valence-electron chi connectivity index (χ4n) is 1.90. The molecule has 0 spiro atoms. The van der Waals surface area contributed by atoms with E-state index in [-0.39, 0.29) is 0 Å². The van der Waals surface area contributed by atoms with E-state index in [0.29, 0.717) is 12.1 Å². The lowest BCUT2D eigenvalue weighted by atomic mass is 10.1. The molecule has 0 amide bonds. The molecule has 1 heterocycles. The number of carboxylic acids is 1. The highest BCUT2D eigenvalue weighted by atomic mass is 16.4. The van der Waals surface area contributed by atoms with Crippen molar-refractivity contribution in [3.8, 4) is 0 Å². The molecule has 0 fully saturated rings. The molecule has 2 aromatic rings. The zero-order valence-corrected chi connectivity index (χ0v) is 10.5. The molecule has 0 bridgehead atoms. The first kappa shape index (κ1) is 12.2. The van der Waals surface area contributed by atoms with Gasteiger partial charge in [-0.2, -0.15) is 0 Å². The predicted molar refractivity (Wildman–Crippen MR) is 70.4 cm³/mol. The van der Waals surface area contributed by atoms with Crippen molar-refractivity contribution in [2.24, 2.45) is 0 Å². The third-order valence-corrected chi connectivity index (χ3v) is 2.89. The second-order valence-corrected chi connectivity index (χ2v) is 4.29. The molecule has 0 radical (unpaired) electrons. The maximum absolute atomic E-state index is 10.9. The van der Waals surface area contributed by atoms with Crippen LogP contribution in [0.3, 0.4) is 0 Å². The number of carbonyl (C=O) groups is 1. The summed E-state index contributed by atoms with van der Waals surface area (Å²) in [6.45, 7) is 4.64. The van der Waals surface area contributed by atoms with Crippen LogP contribution in [0.4, 0.5) is 0 Å². The van der Waals surface area contributed by atoms with Crippen molar-refractivity contribution >= 4 is 5.97 Å². The molecule has 0 saturated carbocycles. The minimum Gasteiger partial charge on any atom is -0.478 e. The molecule has 2 N–H and O–H groups in total. The highest BCUT2D eigenvalue weighted by Crippen LogP contribution is 2.08. The van der Waals surface area contributed by atoms with Gasteiger partial charge < -0.3 is 10.5 Å². The SMILES string of the molecule is Cc1ccc(C)n1NCc1cccc(C(=O)O)c1. The second-order valence-electron chi connectivity index (χ2n) is 4.29. The zero-order chi connectivity index (χ0) is 13.1. The van der Waals surface area contributed by atoms with E-state index in [0.717, 1.165) is 17.0 Å². The molecule has 0 aliphatic carbocycles. The minimum absolute atomic E-state index is 0.315. The van der Waals surface area contributed by atoms with Gasteiger partial charge in [-0.15, -0.1) is 0 Å². The topological polar surface area (TPSA) is 54.3 Å². The third kappa shape index (κ3) is 2.53. The summed E-state index contributed by atoms with van der Waals surface area (Å²) in [5.74, 6) is -0.898. The third-order valence-electron chi connectivity index (χ3n) is 2.89. The lowest BCUT2D eigenvalue weighted by Gasteiger charge is -2.12. The Balaban J connectivity index is 2.11. The average Bonchev–Trinajstić information content (AvgIpc) is 2.67. The van der Waals surface area contributed by atoms with Crippen LogP contribution >= 0.6 is 0 Å². The summed E-state index contributed by atoms with van der Waals surface area (Å²) in [5.41, 5.74) is 6.78. The Morgan fingerprint density at radius 3 is 2.50 bits per heavy atom. The van der Waals surface area contributed by atoms with Crippen molar-refractivity contribution in [2.45, 2.75) is 20.4 Å². The lowest BCUT2D eigenvalue weighted by Crippen LogP contribution is -2.17. The minimum atomic E-state index is -0.898. The van der Waals surface area contributed by atoms with Crippen LogP contribution in [0.15, 0.2) is 36.4 Å². The van der Waals surface area contributed by atoms with Gasteiger partial charge >= 0.3 is 5.97 Å². The predicted octanol–water partition coefficient (Wildman–Crippen LogP) is 2.55. The quantitative estimate of drug-likeness (QED) is 0.869. The van der Waals surface area contributed by atoms with Crippen LogP contribution < -0.4 is 5.43 Å².